The average molecular weight is 232 g/mol. The van der Waals surface area contributed by atoms with Crippen LogP contribution in [0.1, 0.15) is 26.7 Å². The van der Waals surface area contributed by atoms with E-state index >= 15 is 0 Å². The lowest BCUT2D eigenvalue weighted by Gasteiger charge is -2.31. The molecule has 0 fully saturated rings. The fraction of sp³-hybridized carbons (Fsp3) is 1.00. The van der Waals surface area contributed by atoms with E-state index in [2.05, 4.69) is 19.2 Å². The van der Waals surface area contributed by atoms with E-state index in [0.717, 1.165) is 32.5 Å². The van der Waals surface area contributed by atoms with E-state index in [-0.39, 0.29) is 11.5 Å². The molecular weight excluding hydrogens is 204 g/mol. The SMILES string of the molecule is CCC(CC)(CN)CNCC(COC)OC. The van der Waals surface area contributed by atoms with E-state index in [1.54, 1.807) is 14.2 Å². The molecule has 4 heteroatoms. The zero-order chi connectivity index (χ0) is 12.4. The molecule has 16 heavy (non-hydrogen) atoms. The molecule has 0 saturated carbocycles. The summed E-state index contributed by atoms with van der Waals surface area (Å²) in [4.78, 5) is 0. The zero-order valence-corrected chi connectivity index (χ0v) is 11.2. The molecule has 0 aromatic rings. The third-order valence-electron chi connectivity index (χ3n) is 3.49. The Hall–Kier alpha value is -0.160. The van der Waals surface area contributed by atoms with Gasteiger partial charge in [0.1, 0.15) is 0 Å². The number of hydrogen-bond acceptors (Lipinski definition) is 4. The summed E-state index contributed by atoms with van der Waals surface area (Å²) in [5.74, 6) is 0. The molecule has 0 aromatic carbocycles. The van der Waals surface area contributed by atoms with Crippen LogP contribution in [0.4, 0.5) is 0 Å². The largest absolute Gasteiger partial charge is 0.382 e. The summed E-state index contributed by atoms with van der Waals surface area (Å²) in [7, 11) is 3.40. The Morgan fingerprint density at radius 2 is 1.88 bits per heavy atom. The van der Waals surface area contributed by atoms with Crippen LogP contribution in [0.25, 0.3) is 0 Å². The van der Waals surface area contributed by atoms with Crippen LogP contribution in [0.3, 0.4) is 0 Å². The minimum Gasteiger partial charge on any atom is -0.382 e. The van der Waals surface area contributed by atoms with Gasteiger partial charge < -0.3 is 20.5 Å². The Morgan fingerprint density at radius 1 is 1.25 bits per heavy atom. The van der Waals surface area contributed by atoms with Crippen molar-refractivity contribution in [2.45, 2.75) is 32.8 Å². The molecule has 0 radical (unpaired) electrons. The van der Waals surface area contributed by atoms with Crippen LogP contribution in [0.5, 0.6) is 0 Å². The topological polar surface area (TPSA) is 56.5 Å². The van der Waals surface area contributed by atoms with E-state index < -0.39 is 0 Å². The van der Waals surface area contributed by atoms with Gasteiger partial charge in [0.2, 0.25) is 0 Å². The third kappa shape index (κ3) is 5.25. The first-order chi connectivity index (χ1) is 7.67. The van der Waals surface area contributed by atoms with Crippen molar-refractivity contribution in [2.24, 2.45) is 11.1 Å². The first kappa shape index (κ1) is 15.8. The summed E-state index contributed by atoms with van der Waals surface area (Å²) >= 11 is 0. The molecule has 1 atom stereocenters. The molecule has 0 heterocycles. The molecular formula is C12H28N2O2. The monoisotopic (exact) mass is 232 g/mol. The summed E-state index contributed by atoms with van der Waals surface area (Å²) in [6.45, 7) is 7.50. The predicted octanol–water partition coefficient (Wildman–Crippen LogP) is 1.00. The summed E-state index contributed by atoms with van der Waals surface area (Å²) in [5.41, 5.74) is 6.07. The number of rotatable bonds is 10. The molecule has 98 valence electrons. The van der Waals surface area contributed by atoms with Gasteiger partial charge in [-0.25, -0.2) is 0 Å². The van der Waals surface area contributed by atoms with Crippen molar-refractivity contribution in [2.75, 3.05) is 40.5 Å². The van der Waals surface area contributed by atoms with Gasteiger partial charge in [0.25, 0.3) is 0 Å². The lowest BCUT2D eigenvalue weighted by molar-refractivity contribution is 0.0272. The first-order valence-corrected chi connectivity index (χ1v) is 6.10. The standard InChI is InChI=1S/C12H28N2O2/c1-5-12(6-2,9-13)10-14-7-11(16-4)8-15-3/h11,14H,5-10,13H2,1-4H3. The van der Waals surface area contributed by atoms with E-state index in [1.165, 1.54) is 0 Å². The van der Waals surface area contributed by atoms with Gasteiger partial charge in [-0.05, 0) is 24.8 Å². The van der Waals surface area contributed by atoms with Gasteiger partial charge in [0, 0.05) is 27.3 Å². The van der Waals surface area contributed by atoms with Crippen molar-refractivity contribution in [3.8, 4) is 0 Å². The van der Waals surface area contributed by atoms with E-state index in [0.29, 0.717) is 6.61 Å². The Balaban J connectivity index is 3.92. The highest BCUT2D eigenvalue weighted by molar-refractivity contribution is 4.80. The molecule has 1 unspecified atom stereocenters. The quantitative estimate of drug-likeness (QED) is 0.590. The Bertz CT molecular complexity index is 153. The summed E-state index contributed by atoms with van der Waals surface area (Å²) in [5, 5.41) is 3.43. The summed E-state index contributed by atoms with van der Waals surface area (Å²) in [6, 6.07) is 0. The molecule has 0 spiro atoms. The molecule has 3 N–H and O–H groups in total. The lowest BCUT2D eigenvalue weighted by Crippen LogP contribution is -2.42. The van der Waals surface area contributed by atoms with Crippen molar-refractivity contribution in [1.82, 2.24) is 5.32 Å². The van der Waals surface area contributed by atoms with Gasteiger partial charge in [-0.3, -0.25) is 0 Å². The number of methoxy groups -OCH3 is 2. The fourth-order valence-corrected chi connectivity index (χ4v) is 1.76. The minimum atomic E-state index is 0.120. The lowest BCUT2D eigenvalue weighted by atomic mass is 9.82. The van der Waals surface area contributed by atoms with Gasteiger partial charge >= 0.3 is 0 Å². The van der Waals surface area contributed by atoms with Crippen molar-refractivity contribution >= 4 is 0 Å². The maximum Gasteiger partial charge on any atom is 0.0928 e. The molecule has 0 bridgehead atoms. The van der Waals surface area contributed by atoms with Crippen molar-refractivity contribution in [3.05, 3.63) is 0 Å². The number of nitrogens with one attached hydrogen (secondary N) is 1. The second-order valence-electron chi connectivity index (χ2n) is 4.36. The van der Waals surface area contributed by atoms with Crippen LogP contribution in [-0.4, -0.2) is 46.6 Å². The highest BCUT2D eigenvalue weighted by Crippen LogP contribution is 2.23. The summed E-state index contributed by atoms with van der Waals surface area (Å²) < 4.78 is 10.4. The number of hydrogen-bond donors (Lipinski definition) is 2. The van der Waals surface area contributed by atoms with Crippen LogP contribution in [0.15, 0.2) is 0 Å². The number of nitrogens with two attached hydrogens (primary N) is 1. The van der Waals surface area contributed by atoms with Crippen molar-refractivity contribution in [1.29, 1.82) is 0 Å². The first-order valence-electron chi connectivity index (χ1n) is 6.10. The molecule has 0 aliphatic rings. The smallest absolute Gasteiger partial charge is 0.0928 e. The van der Waals surface area contributed by atoms with Gasteiger partial charge in [0.15, 0.2) is 0 Å². The van der Waals surface area contributed by atoms with Crippen molar-refractivity contribution in [3.63, 3.8) is 0 Å². The van der Waals surface area contributed by atoms with E-state index in [4.69, 9.17) is 15.2 Å². The van der Waals surface area contributed by atoms with Gasteiger partial charge in [-0.1, -0.05) is 13.8 Å². The minimum absolute atomic E-state index is 0.120. The van der Waals surface area contributed by atoms with Crippen LogP contribution >= 0.6 is 0 Å². The van der Waals surface area contributed by atoms with E-state index in [1.807, 2.05) is 0 Å². The van der Waals surface area contributed by atoms with Gasteiger partial charge in [-0.15, -0.1) is 0 Å². The Labute approximate surface area is 99.9 Å². The molecule has 0 aliphatic carbocycles. The van der Waals surface area contributed by atoms with Gasteiger partial charge in [-0.2, -0.15) is 0 Å². The second-order valence-corrected chi connectivity index (χ2v) is 4.36. The zero-order valence-electron chi connectivity index (χ0n) is 11.2. The Kier molecular flexibility index (Phi) is 8.84. The highest BCUT2D eigenvalue weighted by Gasteiger charge is 2.24. The van der Waals surface area contributed by atoms with Gasteiger partial charge in [0.05, 0.1) is 12.7 Å². The normalized spacial score (nSPS) is 14.1. The van der Waals surface area contributed by atoms with Crippen molar-refractivity contribution < 1.29 is 9.47 Å². The van der Waals surface area contributed by atoms with Crippen LogP contribution in [0, 0.1) is 5.41 Å². The molecule has 0 amide bonds. The Morgan fingerprint density at radius 3 is 2.25 bits per heavy atom. The average Bonchev–Trinajstić information content (AvgIpc) is 2.34. The highest BCUT2D eigenvalue weighted by atomic mass is 16.5. The molecule has 4 nitrogen and oxygen atoms in total. The third-order valence-corrected chi connectivity index (χ3v) is 3.49. The maximum absolute atomic E-state index is 5.84. The molecule has 0 aliphatic heterocycles. The number of ether oxygens (including phenoxy) is 2. The van der Waals surface area contributed by atoms with Crippen LogP contribution in [0.2, 0.25) is 0 Å². The second kappa shape index (κ2) is 8.93. The molecule has 0 rings (SSSR count). The summed E-state index contributed by atoms with van der Waals surface area (Å²) in [6.07, 6.45) is 2.33. The molecule has 0 saturated heterocycles. The fourth-order valence-electron chi connectivity index (χ4n) is 1.76. The van der Waals surface area contributed by atoms with Crippen LogP contribution in [-0.2, 0) is 9.47 Å². The maximum atomic E-state index is 5.84. The predicted molar refractivity (Wildman–Crippen MR) is 67.6 cm³/mol. The molecule has 0 aromatic heterocycles. The van der Waals surface area contributed by atoms with Crippen LogP contribution < -0.4 is 11.1 Å². The van der Waals surface area contributed by atoms with E-state index in [9.17, 15) is 0 Å².